The number of hydrogen-bond donors (Lipinski definition) is 0. The van der Waals surface area contributed by atoms with Crippen LogP contribution < -0.4 is 4.74 Å². The highest BCUT2D eigenvalue weighted by Gasteiger charge is 2.16. The van der Waals surface area contributed by atoms with Crippen LogP contribution in [0, 0.1) is 0 Å². The lowest BCUT2D eigenvalue weighted by atomic mass is 10.1. The maximum atomic E-state index is 11.8. The number of ether oxygens (including phenoxy) is 1. The molecule has 6 heteroatoms. The monoisotopic (exact) mass is 336 g/mol. The van der Waals surface area contributed by atoms with E-state index in [9.17, 15) is 8.42 Å². The van der Waals surface area contributed by atoms with E-state index in [2.05, 4.69) is 11.9 Å². The Bertz CT molecular complexity index is 723. The molecule has 1 heterocycles. The quantitative estimate of drug-likeness (QED) is 0.655. The van der Waals surface area contributed by atoms with E-state index in [1.54, 1.807) is 0 Å². The summed E-state index contributed by atoms with van der Waals surface area (Å²) in [5, 5.41) is 0. The van der Waals surface area contributed by atoms with E-state index in [0.717, 1.165) is 19.1 Å². The third-order valence-corrected chi connectivity index (χ3v) is 4.61. The molecule has 0 amide bonds. The summed E-state index contributed by atoms with van der Waals surface area (Å²) in [5.74, 6) is 1.05. The number of aromatic nitrogens is 2. The van der Waals surface area contributed by atoms with Crippen molar-refractivity contribution in [2.75, 3.05) is 12.9 Å². The molecule has 0 aliphatic heterocycles. The van der Waals surface area contributed by atoms with Gasteiger partial charge in [-0.2, -0.15) is 0 Å². The summed E-state index contributed by atoms with van der Waals surface area (Å²) in [6.07, 6.45) is 9.93. The molecular weight excluding hydrogens is 312 g/mol. The summed E-state index contributed by atoms with van der Waals surface area (Å²) in [4.78, 5) is 4.19. The van der Waals surface area contributed by atoms with Crippen molar-refractivity contribution in [1.29, 1.82) is 0 Å². The molecule has 2 rings (SSSR count). The van der Waals surface area contributed by atoms with Gasteiger partial charge < -0.3 is 4.74 Å². The van der Waals surface area contributed by atoms with Crippen molar-refractivity contribution in [3.8, 4) is 17.1 Å². The van der Waals surface area contributed by atoms with Crippen molar-refractivity contribution in [1.82, 2.24) is 8.96 Å². The predicted octanol–water partition coefficient (Wildman–Crippen LogP) is 3.71. The molecule has 0 aliphatic carbocycles. The molecule has 5 nitrogen and oxygen atoms in total. The molecule has 0 unspecified atom stereocenters. The van der Waals surface area contributed by atoms with E-state index >= 15 is 0 Å². The molecule has 1 aromatic heterocycles. The molecule has 1 aromatic carbocycles. The highest BCUT2D eigenvalue weighted by molar-refractivity contribution is 7.89. The second-order valence-electron chi connectivity index (χ2n) is 5.57. The number of rotatable bonds is 9. The fourth-order valence-corrected chi connectivity index (χ4v) is 3.15. The first-order valence-corrected chi connectivity index (χ1v) is 9.85. The minimum Gasteiger partial charge on any atom is -0.493 e. The number of para-hydroxylation sites is 1. The van der Waals surface area contributed by atoms with E-state index in [0.29, 0.717) is 23.7 Å². The summed E-state index contributed by atoms with van der Waals surface area (Å²) in [7, 11) is -3.39. The van der Waals surface area contributed by atoms with Crippen LogP contribution in [0.25, 0.3) is 11.4 Å². The first kappa shape index (κ1) is 17.5. The summed E-state index contributed by atoms with van der Waals surface area (Å²) >= 11 is 0. The van der Waals surface area contributed by atoms with Gasteiger partial charge in [-0.1, -0.05) is 44.7 Å². The van der Waals surface area contributed by atoms with Gasteiger partial charge in [-0.25, -0.2) is 17.4 Å². The molecule has 0 aliphatic rings. The van der Waals surface area contributed by atoms with Gasteiger partial charge in [0.25, 0.3) is 0 Å². The second kappa shape index (κ2) is 8.15. The lowest BCUT2D eigenvalue weighted by Crippen LogP contribution is -2.11. The summed E-state index contributed by atoms with van der Waals surface area (Å²) in [6, 6.07) is 7.41. The number of hydrogen-bond acceptors (Lipinski definition) is 4. The summed E-state index contributed by atoms with van der Waals surface area (Å²) < 4.78 is 30.7. The zero-order valence-corrected chi connectivity index (χ0v) is 14.6. The molecule has 0 bridgehead atoms. The Labute approximate surface area is 138 Å². The number of benzene rings is 1. The zero-order valence-electron chi connectivity index (χ0n) is 13.7. The molecule has 0 saturated carbocycles. The first-order chi connectivity index (χ1) is 11.0. The fourth-order valence-electron chi connectivity index (χ4n) is 2.41. The van der Waals surface area contributed by atoms with Gasteiger partial charge in [-0.15, -0.1) is 0 Å². The second-order valence-corrected chi connectivity index (χ2v) is 7.43. The van der Waals surface area contributed by atoms with Crippen LogP contribution in [0.5, 0.6) is 5.75 Å². The van der Waals surface area contributed by atoms with E-state index in [4.69, 9.17) is 4.74 Å². The van der Waals surface area contributed by atoms with Crippen molar-refractivity contribution in [3.63, 3.8) is 0 Å². The standard InChI is InChI=1S/C17H24N2O3S/c1-3-4-5-6-9-14-22-16-11-8-7-10-15(16)17-18-12-13-19(17)23(2,20)21/h7-8,10-13H,3-6,9,14H2,1-2H3. The topological polar surface area (TPSA) is 61.2 Å². The van der Waals surface area contributed by atoms with Crippen molar-refractivity contribution in [2.45, 2.75) is 39.0 Å². The van der Waals surface area contributed by atoms with Gasteiger partial charge in [0.05, 0.1) is 18.4 Å². The lowest BCUT2D eigenvalue weighted by Gasteiger charge is -2.12. The van der Waals surface area contributed by atoms with Crippen molar-refractivity contribution in [3.05, 3.63) is 36.7 Å². The Kier molecular flexibility index (Phi) is 6.21. The zero-order chi connectivity index (χ0) is 16.7. The van der Waals surface area contributed by atoms with Gasteiger partial charge in [-0.05, 0) is 18.6 Å². The minimum absolute atomic E-state index is 0.383. The predicted molar refractivity (Wildman–Crippen MR) is 92.2 cm³/mol. The van der Waals surface area contributed by atoms with Crippen LogP contribution in [0.4, 0.5) is 0 Å². The molecule has 0 N–H and O–H groups in total. The van der Waals surface area contributed by atoms with Crippen molar-refractivity contribution in [2.24, 2.45) is 0 Å². The lowest BCUT2D eigenvalue weighted by molar-refractivity contribution is 0.305. The molecule has 0 spiro atoms. The average Bonchev–Trinajstić information content (AvgIpc) is 3.01. The molecule has 2 aromatic rings. The van der Waals surface area contributed by atoms with Gasteiger partial charge in [0.1, 0.15) is 5.75 Å². The van der Waals surface area contributed by atoms with Crippen LogP contribution in [0.15, 0.2) is 36.7 Å². The number of imidazole rings is 1. The third-order valence-electron chi connectivity index (χ3n) is 3.60. The van der Waals surface area contributed by atoms with Gasteiger partial charge in [0.15, 0.2) is 5.82 Å². The van der Waals surface area contributed by atoms with Crippen LogP contribution >= 0.6 is 0 Å². The SMILES string of the molecule is CCCCCCCOc1ccccc1-c1nccn1S(C)(=O)=O. The van der Waals surface area contributed by atoms with Crippen LogP contribution in [0.2, 0.25) is 0 Å². The van der Waals surface area contributed by atoms with Gasteiger partial charge >= 0.3 is 0 Å². The molecule has 0 atom stereocenters. The van der Waals surface area contributed by atoms with Crippen molar-refractivity contribution < 1.29 is 13.2 Å². The summed E-state index contributed by atoms with van der Waals surface area (Å²) in [6.45, 7) is 2.82. The molecule has 126 valence electrons. The molecular formula is C17H24N2O3S. The average molecular weight is 336 g/mol. The van der Waals surface area contributed by atoms with Gasteiger partial charge in [0.2, 0.25) is 10.0 Å². The van der Waals surface area contributed by atoms with Crippen LogP contribution in [0.1, 0.15) is 39.0 Å². The Balaban J connectivity index is 2.11. The van der Waals surface area contributed by atoms with Gasteiger partial charge in [-0.3, -0.25) is 0 Å². The van der Waals surface area contributed by atoms with Crippen LogP contribution in [-0.2, 0) is 10.0 Å². The van der Waals surface area contributed by atoms with Gasteiger partial charge in [0, 0.05) is 12.4 Å². The molecule has 0 fully saturated rings. The van der Waals surface area contributed by atoms with Crippen molar-refractivity contribution >= 4 is 10.0 Å². The minimum atomic E-state index is -3.39. The van der Waals surface area contributed by atoms with E-state index in [1.165, 1.54) is 35.6 Å². The Morgan fingerprint density at radius 1 is 1.13 bits per heavy atom. The Morgan fingerprint density at radius 3 is 2.61 bits per heavy atom. The van der Waals surface area contributed by atoms with E-state index in [-0.39, 0.29) is 0 Å². The van der Waals surface area contributed by atoms with E-state index < -0.39 is 10.0 Å². The highest BCUT2D eigenvalue weighted by Crippen LogP contribution is 2.29. The Morgan fingerprint density at radius 2 is 1.87 bits per heavy atom. The maximum Gasteiger partial charge on any atom is 0.237 e. The maximum absolute atomic E-state index is 11.8. The molecule has 0 radical (unpaired) electrons. The molecule has 23 heavy (non-hydrogen) atoms. The smallest absolute Gasteiger partial charge is 0.237 e. The highest BCUT2D eigenvalue weighted by atomic mass is 32.2. The van der Waals surface area contributed by atoms with Crippen LogP contribution in [0.3, 0.4) is 0 Å². The van der Waals surface area contributed by atoms with E-state index in [1.807, 2.05) is 24.3 Å². The summed E-state index contributed by atoms with van der Waals surface area (Å²) in [5.41, 5.74) is 0.691. The first-order valence-electron chi connectivity index (χ1n) is 8.00. The number of unbranched alkanes of at least 4 members (excludes halogenated alkanes) is 4. The van der Waals surface area contributed by atoms with Crippen LogP contribution in [-0.4, -0.2) is 30.2 Å². The molecule has 0 saturated heterocycles. The third kappa shape index (κ3) is 4.82. The largest absolute Gasteiger partial charge is 0.493 e. The Hall–Kier alpha value is -1.82. The number of nitrogens with zero attached hydrogens (tertiary/aromatic N) is 2. The normalized spacial score (nSPS) is 11.6. The fraction of sp³-hybridized carbons (Fsp3) is 0.471.